The SMILES string of the molecule is COc1c(OC[C@H]2CO2)ccc2c3n(c(=NC(=O)c4cccnc4C)nc12)CCN3. The molecule has 154 valence electrons. The highest BCUT2D eigenvalue weighted by molar-refractivity contribution is 5.97. The van der Waals surface area contributed by atoms with Crippen LogP contribution in [-0.2, 0) is 11.3 Å². The molecule has 4 heterocycles. The first-order valence-electron chi connectivity index (χ1n) is 9.76. The fourth-order valence-electron chi connectivity index (χ4n) is 3.55. The zero-order chi connectivity index (χ0) is 20.7. The third-order valence-electron chi connectivity index (χ3n) is 5.17. The smallest absolute Gasteiger partial charge is 0.282 e. The van der Waals surface area contributed by atoms with Crippen molar-refractivity contribution >= 4 is 22.6 Å². The number of pyridine rings is 1. The van der Waals surface area contributed by atoms with Crippen molar-refractivity contribution in [3.05, 3.63) is 47.3 Å². The molecule has 30 heavy (non-hydrogen) atoms. The van der Waals surface area contributed by atoms with Gasteiger partial charge in [0.2, 0.25) is 5.62 Å². The molecule has 2 aliphatic rings. The molecule has 0 bridgehead atoms. The number of aromatic nitrogens is 3. The standard InChI is InChI=1S/C21H21N5O4/c1-12-14(4-3-7-22-12)20(27)25-21-24-17-15(19-23-8-9-26(19)21)5-6-16(18(17)28-2)30-11-13-10-29-13/h3-7,13,23H,8-11H2,1-2H3/t13-/m1/s1. The van der Waals surface area contributed by atoms with E-state index in [1.165, 1.54) is 0 Å². The minimum Gasteiger partial charge on any atom is -0.491 e. The van der Waals surface area contributed by atoms with Crippen molar-refractivity contribution in [1.29, 1.82) is 0 Å². The monoisotopic (exact) mass is 407 g/mol. The molecule has 2 aromatic heterocycles. The number of rotatable bonds is 5. The van der Waals surface area contributed by atoms with Gasteiger partial charge in [-0.1, -0.05) is 0 Å². The van der Waals surface area contributed by atoms with Crippen LogP contribution in [0, 0.1) is 6.92 Å². The third kappa shape index (κ3) is 3.26. The summed E-state index contributed by atoms with van der Waals surface area (Å²) < 4.78 is 18.6. The Hall–Kier alpha value is -3.46. The lowest BCUT2D eigenvalue weighted by molar-refractivity contribution is 0.0995. The van der Waals surface area contributed by atoms with Crippen molar-refractivity contribution < 1.29 is 19.0 Å². The molecule has 1 saturated heterocycles. The third-order valence-corrected chi connectivity index (χ3v) is 5.17. The van der Waals surface area contributed by atoms with Crippen LogP contribution < -0.4 is 20.4 Å². The molecule has 1 aromatic carbocycles. The molecule has 5 rings (SSSR count). The fourth-order valence-corrected chi connectivity index (χ4v) is 3.55. The largest absolute Gasteiger partial charge is 0.491 e. The van der Waals surface area contributed by atoms with Gasteiger partial charge in [0.25, 0.3) is 5.91 Å². The zero-order valence-electron chi connectivity index (χ0n) is 16.7. The number of nitrogens with zero attached hydrogens (tertiary/aromatic N) is 4. The van der Waals surface area contributed by atoms with E-state index in [-0.39, 0.29) is 12.0 Å². The zero-order valence-corrected chi connectivity index (χ0v) is 16.7. The normalized spacial score (nSPS) is 17.5. The predicted molar refractivity (Wildman–Crippen MR) is 109 cm³/mol. The Morgan fingerprint density at radius 3 is 3.03 bits per heavy atom. The first kappa shape index (κ1) is 18.6. The van der Waals surface area contributed by atoms with Crippen LogP contribution in [0.2, 0.25) is 0 Å². The molecule has 1 N–H and O–H groups in total. The van der Waals surface area contributed by atoms with Gasteiger partial charge < -0.3 is 19.5 Å². The maximum atomic E-state index is 12.8. The Balaban J connectivity index is 1.66. The topological polar surface area (TPSA) is 103 Å². The Labute approximate surface area is 172 Å². The molecule has 0 spiro atoms. The second kappa shape index (κ2) is 7.42. The number of epoxide rings is 1. The number of methoxy groups -OCH3 is 1. The minimum atomic E-state index is -0.383. The van der Waals surface area contributed by atoms with Gasteiger partial charge in [0.05, 0.1) is 25.0 Å². The lowest BCUT2D eigenvalue weighted by atomic mass is 10.2. The highest BCUT2D eigenvalue weighted by Crippen LogP contribution is 2.37. The molecule has 1 atom stereocenters. The Bertz CT molecular complexity index is 1220. The molecule has 1 amide bonds. The number of aryl methyl sites for hydroxylation is 1. The van der Waals surface area contributed by atoms with Crippen LogP contribution >= 0.6 is 0 Å². The van der Waals surface area contributed by atoms with Gasteiger partial charge in [-0.15, -0.1) is 0 Å². The van der Waals surface area contributed by atoms with E-state index in [1.54, 1.807) is 32.4 Å². The van der Waals surface area contributed by atoms with Crippen LogP contribution in [0.25, 0.3) is 10.9 Å². The second-order valence-corrected chi connectivity index (χ2v) is 7.15. The van der Waals surface area contributed by atoms with Crippen LogP contribution in [-0.4, -0.2) is 53.4 Å². The lowest BCUT2D eigenvalue weighted by Crippen LogP contribution is -2.25. The summed E-state index contributed by atoms with van der Waals surface area (Å²) in [6, 6.07) is 7.24. The van der Waals surface area contributed by atoms with Gasteiger partial charge >= 0.3 is 0 Å². The number of hydrogen-bond acceptors (Lipinski definition) is 7. The van der Waals surface area contributed by atoms with E-state index in [0.717, 1.165) is 17.7 Å². The van der Waals surface area contributed by atoms with Gasteiger partial charge in [0, 0.05) is 24.7 Å². The van der Waals surface area contributed by atoms with Gasteiger partial charge in [-0.25, -0.2) is 4.98 Å². The van der Waals surface area contributed by atoms with Gasteiger partial charge in [-0.2, -0.15) is 4.99 Å². The number of benzene rings is 1. The quantitative estimate of drug-likeness (QED) is 0.642. The minimum absolute atomic E-state index is 0.126. The number of carbonyl (C=O) groups excluding carboxylic acids is 1. The molecule has 0 radical (unpaired) electrons. The van der Waals surface area contributed by atoms with E-state index < -0.39 is 0 Å². The molecule has 0 unspecified atom stereocenters. The molecule has 0 saturated carbocycles. The van der Waals surface area contributed by atoms with Gasteiger partial charge in [0.15, 0.2) is 11.5 Å². The molecule has 9 nitrogen and oxygen atoms in total. The first-order chi connectivity index (χ1) is 14.7. The lowest BCUT2D eigenvalue weighted by Gasteiger charge is -2.14. The van der Waals surface area contributed by atoms with E-state index >= 15 is 0 Å². The molecular weight excluding hydrogens is 386 g/mol. The van der Waals surface area contributed by atoms with Crippen molar-refractivity contribution in [2.75, 3.05) is 32.2 Å². The van der Waals surface area contributed by atoms with Crippen LogP contribution in [0.5, 0.6) is 11.5 Å². The summed E-state index contributed by atoms with van der Waals surface area (Å²) in [5.74, 6) is 1.55. The van der Waals surface area contributed by atoms with E-state index in [2.05, 4.69) is 15.3 Å². The Morgan fingerprint density at radius 2 is 2.27 bits per heavy atom. The Kier molecular flexibility index (Phi) is 4.59. The van der Waals surface area contributed by atoms with Crippen molar-refractivity contribution in [3.63, 3.8) is 0 Å². The van der Waals surface area contributed by atoms with Crippen LogP contribution in [0.1, 0.15) is 16.1 Å². The molecule has 9 heteroatoms. The summed E-state index contributed by atoms with van der Waals surface area (Å²) in [7, 11) is 1.58. The van der Waals surface area contributed by atoms with Crippen LogP contribution in [0.3, 0.4) is 0 Å². The molecule has 0 aliphatic carbocycles. The summed E-state index contributed by atoms with van der Waals surface area (Å²) in [5, 5.41) is 4.24. The number of anilines is 1. The van der Waals surface area contributed by atoms with Crippen molar-refractivity contribution in [2.45, 2.75) is 19.6 Å². The van der Waals surface area contributed by atoms with Crippen molar-refractivity contribution in [3.8, 4) is 11.5 Å². The summed E-state index contributed by atoms with van der Waals surface area (Å²) >= 11 is 0. The molecule has 1 fully saturated rings. The highest BCUT2D eigenvalue weighted by Gasteiger charge is 2.25. The van der Waals surface area contributed by atoms with Crippen molar-refractivity contribution in [1.82, 2.24) is 14.5 Å². The molecule has 2 aliphatic heterocycles. The second-order valence-electron chi connectivity index (χ2n) is 7.15. The summed E-state index contributed by atoms with van der Waals surface area (Å²) in [5.41, 5.74) is 1.98. The number of amides is 1. The molecule has 3 aromatic rings. The fraction of sp³-hybridized carbons (Fsp3) is 0.333. The van der Waals surface area contributed by atoms with E-state index in [0.29, 0.717) is 53.6 Å². The number of nitrogens with one attached hydrogen (secondary N) is 1. The molecular formula is C21H21N5O4. The van der Waals surface area contributed by atoms with Crippen molar-refractivity contribution in [2.24, 2.45) is 4.99 Å². The first-order valence-corrected chi connectivity index (χ1v) is 9.76. The van der Waals surface area contributed by atoms with E-state index in [4.69, 9.17) is 19.2 Å². The van der Waals surface area contributed by atoms with Gasteiger partial charge in [-0.05, 0) is 31.2 Å². The highest BCUT2D eigenvalue weighted by atomic mass is 16.6. The van der Waals surface area contributed by atoms with Crippen LogP contribution in [0.4, 0.5) is 5.82 Å². The van der Waals surface area contributed by atoms with Gasteiger partial charge in [-0.3, -0.25) is 14.3 Å². The number of fused-ring (bicyclic) bond motifs is 3. The average Bonchev–Trinajstić information content (AvgIpc) is 3.45. The number of hydrogen-bond donors (Lipinski definition) is 1. The summed E-state index contributed by atoms with van der Waals surface area (Å²) in [6.07, 6.45) is 1.78. The average molecular weight is 407 g/mol. The van der Waals surface area contributed by atoms with Crippen LogP contribution in [0.15, 0.2) is 35.5 Å². The summed E-state index contributed by atoms with van der Waals surface area (Å²) in [4.78, 5) is 26.0. The summed E-state index contributed by atoms with van der Waals surface area (Å²) in [6.45, 7) is 4.34. The maximum Gasteiger partial charge on any atom is 0.282 e. The van der Waals surface area contributed by atoms with E-state index in [1.807, 2.05) is 16.7 Å². The number of ether oxygens (including phenoxy) is 3. The van der Waals surface area contributed by atoms with E-state index in [9.17, 15) is 4.79 Å². The van der Waals surface area contributed by atoms with Gasteiger partial charge in [0.1, 0.15) is 24.0 Å². The Morgan fingerprint density at radius 1 is 1.40 bits per heavy atom. The predicted octanol–water partition coefficient (Wildman–Crippen LogP) is 1.69. The maximum absolute atomic E-state index is 12.8. The number of carbonyl (C=O) groups is 1.